The molecule has 6 N–H and O–H groups in total. The lowest BCUT2D eigenvalue weighted by molar-refractivity contribution is -0.139. The van der Waals surface area contributed by atoms with Crippen molar-refractivity contribution < 1.29 is 24.2 Å². The van der Waals surface area contributed by atoms with Crippen LogP contribution in [0.25, 0.3) is 0 Å². The third kappa shape index (κ3) is 9.86. The van der Waals surface area contributed by atoms with Crippen LogP contribution >= 0.6 is 0 Å². The fourth-order valence-corrected chi connectivity index (χ4v) is 3.06. The van der Waals surface area contributed by atoms with Gasteiger partial charge in [-0.3, -0.25) is 10.2 Å². The number of hydrogen-bond acceptors (Lipinski definition) is 5. The topological polar surface area (TPSA) is 155 Å². The summed E-state index contributed by atoms with van der Waals surface area (Å²) >= 11 is 0. The normalized spacial score (nSPS) is 11.3. The van der Waals surface area contributed by atoms with Gasteiger partial charge >= 0.3 is 12.1 Å². The van der Waals surface area contributed by atoms with Gasteiger partial charge in [-0.05, 0) is 36.8 Å². The van der Waals surface area contributed by atoms with E-state index in [1.807, 2.05) is 42.5 Å². The summed E-state index contributed by atoms with van der Waals surface area (Å²) in [6.07, 6.45) is 1.57. The van der Waals surface area contributed by atoms with E-state index in [-0.39, 0.29) is 31.2 Å². The number of carbonyl (C=O) groups excluding carboxylic acids is 2. The molecule has 0 unspecified atom stereocenters. The fraction of sp³-hybridized carbons (Fsp3) is 0.333. The minimum absolute atomic E-state index is 0.0254. The zero-order chi connectivity index (χ0) is 24.1. The van der Waals surface area contributed by atoms with Gasteiger partial charge in [0.05, 0.1) is 0 Å². The summed E-state index contributed by atoms with van der Waals surface area (Å²) in [5.41, 5.74) is 8.03. The van der Waals surface area contributed by atoms with Crippen LogP contribution in [0.4, 0.5) is 4.79 Å². The summed E-state index contributed by atoms with van der Waals surface area (Å²) in [6, 6.07) is 15.3. The smallest absolute Gasteiger partial charge is 0.408 e. The molecule has 0 radical (unpaired) electrons. The molecule has 2 amide bonds. The highest BCUT2D eigenvalue weighted by atomic mass is 16.5. The zero-order valence-electron chi connectivity index (χ0n) is 18.4. The number of nitrogens with one attached hydrogen (secondary N) is 3. The molecule has 176 valence electrons. The van der Waals surface area contributed by atoms with Crippen molar-refractivity contribution in [1.82, 2.24) is 10.6 Å². The number of unbranched alkanes of at least 4 members (excludes halogenated alkanes) is 1. The molecular formula is C24H30N4O5. The monoisotopic (exact) mass is 454 g/mol. The van der Waals surface area contributed by atoms with E-state index in [9.17, 15) is 19.5 Å². The Morgan fingerprint density at radius 1 is 1.00 bits per heavy atom. The van der Waals surface area contributed by atoms with Gasteiger partial charge in [-0.2, -0.15) is 0 Å². The number of amides is 2. The third-order valence-electron chi connectivity index (χ3n) is 4.94. The number of carboxylic acid groups (broad SMARTS) is 1. The Hall–Kier alpha value is -3.88. The summed E-state index contributed by atoms with van der Waals surface area (Å²) in [5.74, 6) is -1.46. The second-order valence-corrected chi connectivity index (χ2v) is 7.55. The van der Waals surface area contributed by atoms with Crippen molar-refractivity contribution >= 4 is 23.8 Å². The molecule has 0 aliphatic heterocycles. The minimum atomic E-state index is -1.23. The lowest BCUT2D eigenvalue weighted by atomic mass is 10.1. The van der Waals surface area contributed by atoms with E-state index in [0.29, 0.717) is 12.1 Å². The Bertz CT molecular complexity index is 932. The minimum Gasteiger partial charge on any atom is -0.480 e. The van der Waals surface area contributed by atoms with Crippen LogP contribution in [-0.2, 0) is 27.4 Å². The number of aliphatic carboxylic acids is 1. The number of hydrogen-bond donors (Lipinski definition) is 5. The maximum Gasteiger partial charge on any atom is 0.408 e. The predicted molar refractivity (Wildman–Crippen MR) is 124 cm³/mol. The van der Waals surface area contributed by atoms with Crippen molar-refractivity contribution in [1.29, 1.82) is 5.41 Å². The molecule has 0 bridgehead atoms. The first-order valence-corrected chi connectivity index (χ1v) is 10.7. The van der Waals surface area contributed by atoms with Crippen LogP contribution in [0.5, 0.6) is 0 Å². The standard InChI is InChI=1S/C24H30N4O5/c25-22(26)19-11-9-17(10-12-19)6-4-5-15-27-21(29)14-13-20(23(30)31)28-24(32)33-16-18-7-2-1-3-8-18/h1-3,7-12,20H,4-6,13-16H2,(H3,25,26)(H,27,29)(H,28,32)(H,30,31)/t20-/m0/s1. The second kappa shape index (κ2) is 13.5. The number of carbonyl (C=O) groups is 3. The number of nitrogens with two attached hydrogens (primary N) is 1. The van der Waals surface area contributed by atoms with Crippen molar-refractivity contribution in [2.75, 3.05) is 6.54 Å². The molecule has 0 saturated heterocycles. The van der Waals surface area contributed by atoms with Gasteiger partial charge in [-0.1, -0.05) is 54.6 Å². The maximum absolute atomic E-state index is 12.0. The van der Waals surface area contributed by atoms with Crippen LogP contribution in [0.15, 0.2) is 54.6 Å². The first-order chi connectivity index (χ1) is 15.8. The van der Waals surface area contributed by atoms with E-state index in [2.05, 4.69) is 10.6 Å². The molecule has 9 nitrogen and oxygen atoms in total. The Morgan fingerprint density at radius 2 is 1.70 bits per heavy atom. The van der Waals surface area contributed by atoms with Gasteiger partial charge in [0.15, 0.2) is 0 Å². The van der Waals surface area contributed by atoms with Crippen molar-refractivity contribution in [2.45, 2.75) is 44.8 Å². The molecule has 0 aliphatic rings. The molecule has 9 heteroatoms. The molecule has 0 heterocycles. The fourth-order valence-electron chi connectivity index (χ4n) is 3.06. The molecule has 33 heavy (non-hydrogen) atoms. The Kier molecular flexibility index (Phi) is 10.4. The Morgan fingerprint density at radius 3 is 2.33 bits per heavy atom. The molecule has 0 saturated carbocycles. The van der Waals surface area contributed by atoms with Gasteiger partial charge in [0, 0.05) is 18.5 Å². The van der Waals surface area contributed by atoms with Crippen molar-refractivity contribution in [3.63, 3.8) is 0 Å². The highest BCUT2D eigenvalue weighted by Crippen LogP contribution is 2.08. The summed E-state index contributed by atoms with van der Waals surface area (Å²) in [7, 11) is 0. The quantitative estimate of drug-likeness (QED) is 0.178. The molecule has 0 aliphatic carbocycles. The lowest BCUT2D eigenvalue weighted by Gasteiger charge is -2.14. The van der Waals surface area contributed by atoms with Crippen LogP contribution in [-0.4, -0.2) is 41.5 Å². The summed E-state index contributed by atoms with van der Waals surface area (Å²) < 4.78 is 5.03. The number of alkyl carbamates (subject to hydrolysis) is 1. The zero-order valence-corrected chi connectivity index (χ0v) is 18.4. The van der Waals surface area contributed by atoms with Gasteiger partial charge in [0.1, 0.15) is 18.5 Å². The van der Waals surface area contributed by atoms with Gasteiger partial charge in [0.2, 0.25) is 5.91 Å². The van der Waals surface area contributed by atoms with Gasteiger partial charge in [-0.25, -0.2) is 9.59 Å². The van der Waals surface area contributed by atoms with Crippen molar-refractivity contribution in [3.05, 3.63) is 71.3 Å². The summed E-state index contributed by atoms with van der Waals surface area (Å²) in [5, 5.41) is 21.7. The van der Waals surface area contributed by atoms with Crippen LogP contribution in [0, 0.1) is 5.41 Å². The summed E-state index contributed by atoms with van der Waals surface area (Å²) in [4.78, 5) is 35.3. The lowest BCUT2D eigenvalue weighted by Crippen LogP contribution is -2.41. The highest BCUT2D eigenvalue weighted by molar-refractivity contribution is 5.94. The van der Waals surface area contributed by atoms with Gasteiger partial charge < -0.3 is 26.2 Å². The van der Waals surface area contributed by atoms with E-state index in [1.165, 1.54) is 0 Å². The molecular weight excluding hydrogens is 424 g/mol. The Labute approximate surface area is 192 Å². The number of nitrogen functional groups attached to an aromatic ring is 1. The van der Waals surface area contributed by atoms with Crippen LogP contribution in [0.1, 0.15) is 42.4 Å². The van der Waals surface area contributed by atoms with Crippen LogP contribution in [0.2, 0.25) is 0 Å². The SMILES string of the molecule is N=C(N)c1ccc(CCCCNC(=O)CC[C@H](NC(=O)OCc2ccccc2)C(=O)O)cc1. The Balaban J connectivity index is 1.61. The first kappa shape index (κ1) is 25.4. The number of aryl methyl sites for hydroxylation is 1. The van der Waals surface area contributed by atoms with E-state index >= 15 is 0 Å². The first-order valence-electron chi connectivity index (χ1n) is 10.7. The van der Waals surface area contributed by atoms with Crippen molar-refractivity contribution in [2.24, 2.45) is 5.73 Å². The van der Waals surface area contributed by atoms with E-state index in [0.717, 1.165) is 30.4 Å². The number of benzene rings is 2. The van der Waals surface area contributed by atoms with Crippen LogP contribution in [0.3, 0.4) is 0 Å². The number of amidine groups is 1. The molecule has 0 aromatic heterocycles. The highest BCUT2D eigenvalue weighted by Gasteiger charge is 2.21. The van der Waals surface area contributed by atoms with Crippen molar-refractivity contribution in [3.8, 4) is 0 Å². The molecule has 2 aromatic rings. The maximum atomic E-state index is 12.0. The molecule has 2 aromatic carbocycles. The number of carboxylic acids is 1. The number of rotatable bonds is 13. The largest absolute Gasteiger partial charge is 0.480 e. The van der Waals surface area contributed by atoms with Gasteiger partial charge in [-0.15, -0.1) is 0 Å². The third-order valence-corrected chi connectivity index (χ3v) is 4.94. The molecule has 0 spiro atoms. The average molecular weight is 455 g/mol. The predicted octanol–water partition coefficient (Wildman–Crippen LogP) is 2.57. The summed E-state index contributed by atoms with van der Waals surface area (Å²) in [6.45, 7) is 0.509. The van der Waals surface area contributed by atoms with E-state index < -0.39 is 18.1 Å². The van der Waals surface area contributed by atoms with Gasteiger partial charge in [0.25, 0.3) is 0 Å². The van der Waals surface area contributed by atoms with Crippen LogP contribution < -0.4 is 16.4 Å². The second-order valence-electron chi connectivity index (χ2n) is 7.55. The molecule has 1 atom stereocenters. The van der Waals surface area contributed by atoms with E-state index in [1.54, 1.807) is 12.1 Å². The molecule has 2 rings (SSSR count). The number of ether oxygens (including phenoxy) is 1. The molecule has 0 fully saturated rings. The van der Waals surface area contributed by atoms with E-state index in [4.69, 9.17) is 15.9 Å². The average Bonchev–Trinajstić information content (AvgIpc) is 2.81.